The molecule has 0 aliphatic carbocycles. The standard InChI is InChI=1S/C21H26ClN5O3/c1-12-6-7-13(10-14(12)22)25-8-9-26-16-17(23-19(25)26)24(5)20(30)27(18(16)29)11-15(28)21(2,3)4/h6-7,10,16-17H,8-9,11H2,1-5H3. The number of ketones is 1. The number of aliphatic imine (C=N–C) groups is 1. The first kappa shape index (κ1) is 20.7. The number of hydrogen-bond donors (Lipinski definition) is 0. The van der Waals surface area contributed by atoms with E-state index < -0.39 is 23.7 Å². The second kappa shape index (κ2) is 6.97. The van der Waals surface area contributed by atoms with Gasteiger partial charge in [-0.15, -0.1) is 0 Å². The maximum Gasteiger partial charge on any atom is 0.328 e. The van der Waals surface area contributed by atoms with Crippen molar-refractivity contribution in [1.82, 2.24) is 14.7 Å². The summed E-state index contributed by atoms with van der Waals surface area (Å²) in [6.07, 6.45) is -0.607. The third-order valence-electron chi connectivity index (χ3n) is 5.98. The lowest BCUT2D eigenvalue weighted by atomic mass is 9.90. The van der Waals surface area contributed by atoms with Crippen LogP contribution >= 0.6 is 11.6 Å². The highest BCUT2D eigenvalue weighted by molar-refractivity contribution is 6.31. The van der Waals surface area contributed by atoms with Crippen molar-refractivity contribution in [3.8, 4) is 0 Å². The molecule has 2 atom stereocenters. The molecule has 3 aliphatic rings. The molecule has 0 radical (unpaired) electrons. The molecule has 3 aliphatic heterocycles. The summed E-state index contributed by atoms with van der Waals surface area (Å²) < 4.78 is 0. The summed E-state index contributed by atoms with van der Waals surface area (Å²) >= 11 is 6.30. The number of anilines is 1. The van der Waals surface area contributed by atoms with Gasteiger partial charge in [0.2, 0.25) is 5.96 Å². The van der Waals surface area contributed by atoms with E-state index in [-0.39, 0.29) is 18.2 Å². The normalized spacial score (nSPS) is 23.7. The number of imide groups is 1. The van der Waals surface area contributed by atoms with E-state index >= 15 is 0 Å². The molecule has 1 aromatic rings. The van der Waals surface area contributed by atoms with E-state index in [0.717, 1.165) is 16.2 Å². The van der Waals surface area contributed by atoms with Gasteiger partial charge in [-0.2, -0.15) is 0 Å². The molecule has 9 heteroatoms. The Morgan fingerprint density at radius 1 is 1.23 bits per heavy atom. The number of hydrogen-bond acceptors (Lipinski definition) is 6. The number of amides is 3. The fourth-order valence-electron chi connectivity index (χ4n) is 3.96. The summed E-state index contributed by atoms with van der Waals surface area (Å²) in [6.45, 7) is 8.31. The molecule has 1 aromatic carbocycles. The number of guanidine groups is 1. The minimum Gasteiger partial charge on any atom is -0.325 e. The Kier molecular flexibility index (Phi) is 4.80. The molecule has 8 nitrogen and oxygen atoms in total. The van der Waals surface area contributed by atoms with Crippen molar-refractivity contribution in [3.63, 3.8) is 0 Å². The SMILES string of the molecule is Cc1ccc(N2CCN3C2=NC2C3C(=O)N(CC(=O)C(C)(C)C)C(=O)N2C)cc1Cl. The Morgan fingerprint density at radius 2 is 1.93 bits per heavy atom. The quantitative estimate of drug-likeness (QED) is 0.734. The van der Waals surface area contributed by atoms with Crippen molar-refractivity contribution >= 4 is 41.0 Å². The summed E-state index contributed by atoms with van der Waals surface area (Å²) in [5, 5.41) is 0.664. The number of urea groups is 1. The van der Waals surface area contributed by atoms with Gasteiger partial charge >= 0.3 is 6.03 Å². The van der Waals surface area contributed by atoms with Crippen LogP contribution in [-0.2, 0) is 9.59 Å². The molecular formula is C21H26ClN5O3. The van der Waals surface area contributed by atoms with Gasteiger partial charge in [-0.25, -0.2) is 9.79 Å². The Hall–Kier alpha value is -2.61. The van der Waals surface area contributed by atoms with Crippen LogP contribution in [0.3, 0.4) is 0 Å². The van der Waals surface area contributed by atoms with Gasteiger partial charge in [0.15, 0.2) is 18.0 Å². The van der Waals surface area contributed by atoms with E-state index in [4.69, 9.17) is 16.6 Å². The number of fused-ring (bicyclic) bond motifs is 3. The number of benzene rings is 1. The zero-order chi connectivity index (χ0) is 22.0. The van der Waals surface area contributed by atoms with Crippen LogP contribution in [0.25, 0.3) is 0 Å². The molecule has 2 saturated heterocycles. The zero-order valence-corrected chi connectivity index (χ0v) is 18.6. The maximum atomic E-state index is 13.3. The number of carbonyl (C=O) groups excluding carboxylic acids is 3. The summed E-state index contributed by atoms with van der Waals surface area (Å²) in [6, 6.07) is 4.69. The predicted molar refractivity (Wildman–Crippen MR) is 115 cm³/mol. The molecule has 2 unspecified atom stereocenters. The fourth-order valence-corrected chi connectivity index (χ4v) is 4.13. The Balaban J connectivity index is 1.63. The van der Waals surface area contributed by atoms with Crippen molar-refractivity contribution in [3.05, 3.63) is 28.8 Å². The molecule has 2 fully saturated rings. The molecule has 3 heterocycles. The first-order valence-corrected chi connectivity index (χ1v) is 10.4. The lowest BCUT2D eigenvalue weighted by molar-refractivity contribution is -0.142. The van der Waals surface area contributed by atoms with E-state index in [0.29, 0.717) is 24.1 Å². The van der Waals surface area contributed by atoms with Crippen molar-refractivity contribution in [2.75, 3.05) is 31.6 Å². The van der Waals surface area contributed by atoms with E-state index in [1.165, 1.54) is 4.90 Å². The van der Waals surface area contributed by atoms with E-state index in [9.17, 15) is 14.4 Å². The van der Waals surface area contributed by atoms with Gasteiger partial charge in [0, 0.05) is 36.3 Å². The van der Waals surface area contributed by atoms with Gasteiger partial charge in [-0.3, -0.25) is 14.5 Å². The summed E-state index contributed by atoms with van der Waals surface area (Å²) in [5.41, 5.74) is 1.24. The van der Waals surface area contributed by atoms with Crippen LogP contribution in [0.15, 0.2) is 23.2 Å². The van der Waals surface area contributed by atoms with Gasteiger partial charge < -0.3 is 14.7 Å². The number of Topliss-reactive ketones (excluding diaryl/α,β-unsaturated/α-hetero) is 1. The molecule has 0 spiro atoms. The van der Waals surface area contributed by atoms with E-state index in [1.54, 1.807) is 27.8 Å². The first-order valence-electron chi connectivity index (χ1n) is 10.0. The predicted octanol–water partition coefficient (Wildman–Crippen LogP) is 2.34. The Bertz CT molecular complexity index is 970. The van der Waals surface area contributed by atoms with Crippen LogP contribution in [-0.4, -0.2) is 77.3 Å². The van der Waals surface area contributed by atoms with Gasteiger partial charge in [-0.1, -0.05) is 38.4 Å². The van der Waals surface area contributed by atoms with Crippen LogP contribution in [0, 0.1) is 12.3 Å². The molecule has 0 saturated carbocycles. The minimum absolute atomic E-state index is 0.160. The summed E-state index contributed by atoms with van der Waals surface area (Å²) in [7, 11) is 1.63. The summed E-state index contributed by atoms with van der Waals surface area (Å²) in [4.78, 5) is 49.8. The second-order valence-corrected chi connectivity index (χ2v) is 9.46. The van der Waals surface area contributed by atoms with Crippen molar-refractivity contribution in [1.29, 1.82) is 0 Å². The smallest absolute Gasteiger partial charge is 0.325 e. The molecule has 0 N–H and O–H groups in total. The van der Waals surface area contributed by atoms with Gasteiger partial charge in [0.05, 0.1) is 6.54 Å². The van der Waals surface area contributed by atoms with Gasteiger partial charge in [0.1, 0.15) is 0 Å². The van der Waals surface area contributed by atoms with Crippen LogP contribution in [0.5, 0.6) is 0 Å². The number of carbonyl (C=O) groups is 3. The monoisotopic (exact) mass is 431 g/mol. The van der Waals surface area contributed by atoms with Crippen molar-refractivity contribution in [2.45, 2.75) is 39.9 Å². The molecule has 160 valence electrons. The second-order valence-electron chi connectivity index (χ2n) is 9.06. The lowest BCUT2D eigenvalue weighted by Gasteiger charge is -2.40. The van der Waals surface area contributed by atoms with E-state index in [1.807, 2.05) is 34.9 Å². The number of halogens is 1. The maximum absolute atomic E-state index is 13.3. The zero-order valence-electron chi connectivity index (χ0n) is 17.8. The highest BCUT2D eigenvalue weighted by Crippen LogP contribution is 2.34. The topological polar surface area (TPSA) is 76.5 Å². The van der Waals surface area contributed by atoms with Crippen LogP contribution < -0.4 is 4.90 Å². The highest BCUT2D eigenvalue weighted by atomic mass is 35.5. The highest BCUT2D eigenvalue weighted by Gasteiger charge is 2.55. The number of likely N-dealkylation sites (N-methyl/N-ethyl adjacent to an activating group) is 1. The fraction of sp³-hybridized carbons (Fsp3) is 0.524. The Labute approximate surface area is 181 Å². The number of rotatable bonds is 3. The molecule has 0 aromatic heterocycles. The first-order chi connectivity index (χ1) is 14.0. The largest absolute Gasteiger partial charge is 0.328 e. The summed E-state index contributed by atoms with van der Waals surface area (Å²) in [5.74, 6) is 0.123. The van der Waals surface area contributed by atoms with Gasteiger partial charge in [0.25, 0.3) is 5.91 Å². The van der Waals surface area contributed by atoms with Crippen molar-refractivity contribution < 1.29 is 14.4 Å². The number of aryl methyl sites for hydroxylation is 1. The average Bonchev–Trinajstić information content (AvgIpc) is 3.24. The van der Waals surface area contributed by atoms with Crippen LogP contribution in [0.4, 0.5) is 10.5 Å². The molecule has 4 rings (SSSR count). The third kappa shape index (κ3) is 3.14. The molecule has 3 amide bonds. The number of nitrogens with zero attached hydrogens (tertiary/aromatic N) is 5. The van der Waals surface area contributed by atoms with Gasteiger partial charge in [-0.05, 0) is 24.6 Å². The average molecular weight is 432 g/mol. The van der Waals surface area contributed by atoms with Crippen molar-refractivity contribution in [2.24, 2.45) is 10.4 Å². The van der Waals surface area contributed by atoms with Crippen LogP contribution in [0.2, 0.25) is 5.02 Å². The third-order valence-corrected chi connectivity index (χ3v) is 6.39. The van der Waals surface area contributed by atoms with Crippen LogP contribution in [0.1, 0.15) is 26.3 Å². The molecular weight excluding hydrogens is 406 g/mol. The molecule has 30 heavy (non-hydrogen) atoms. The molecule has 0 bridgehead atoms. The minimum atomic E-state index is -0.636. The lowest BCUT2D eigenvalue weighted by Crippen LogP contribution is -2.65. The van der Waals surface area contributed by atoms with E-state index in [2.05, 4.69) is 0 Å². The Morgan fingerprint density at radius 3 is 2.57 bits per heavy atom.